The standard InChI is InChI=1S/C23H21F3N3O3/c1-28(2)14-16-11-15(12-17-19(25)5-3-6-20(17)26)13-18(23(16)29(30)31)21-7-4-8-22(27-21)32-10-9-24/h3-8,13H,9-10,12,14H2,1-2H3. The van der Waals surface area contributed by atoms with Crippen molar-refractivity contribution in [1.29, 1.82) is 0 Å². The third-order valence-electron chi connectivity index (χ3n) is 4.58. The van der Waals surface area contributed by atoms with Crippen LogP contribution in [0.1, 0.15) is 16.7 Å². The summed E-state index contributed by atoms with van der Waals surface area (Å²) in [6, 6.07) is 12.6. The number of nitrogens with zero attached hydrogens (tertiary/aromatic N) is 3. The van der Waals surface area contributed by atoms with Crippen molar-refractivity contribution in [2.24, 2.45) is 0 Å². The summed E-state index contributed by atoms with van der Waals surface area (Å²) in [5, 5.41) is 12.0. The van der Waals surface area contributed by atoms with E-state index in [4.69, 9.17) is 4.74 Å². The summed E-state index contributed by atoms with van der Waals surface area (Å²) >= 11 is 0. The molecule has 0 saturated carbocycles. The maximum atomic E-state index is 14.2. The van der Waals surface area contributed by atoms with Crippen LogP contribution < -0.4 is 4.74 Å². The van der Waals surface area contributed by atoms with E-state index in [-0.39, 0.29) is 53.5 Å². The second kappa shape index (κ2) is 10.2. The Kier molecular flexibility index (Phi) is 7.42. The van der Waals surface area contributed by atoms with Crippen LogP contribution in [-0.4, -0.2) is 42.2 Å². The van der Waals surface area contributed by atoms with Gasteiger partial charge in [0, 0.05) is 24.6 Å². The Hall–Kier alpha value is -3.46. The first kappa shape index (κ1) is 23.2. The van der Waals surface area contributed by atoms with Crippen molar-refractivity contribution >= 4 is 5.69 Å². The third kappa shape index (κ3) is 5.42. The first-order chi connectivity index (χ1) is 15.3. The summed E-state index contributed by atoms with van der Waals surface area (Å²) in [7, 11) is 3.48. The van der Waals surface area contributed by atoms with Crippen LogP contribution in [0.4, 0.5) is 18.9 Å². The van der Waals surface area contributed by atoms with Gasteiger partial charge in [0.1, 0.15) is 24.9 Å². The molecule has 0 bridgehead atoms. The largest absolute Gasteiger partial charge is 0.475 e. The first-order valence-electron chi connectivity index (χ1n) is 9.76. The van der Waals surface area contributed by atoms with Gasteiger partial charge in [0.25, 0.3) is 5.69 Å². The maximum Gasteiger partial charge on any atom is 0.283 e. The minimum Gasteiger partial charge on any atom is -0.475 e. The van der Waals surface area contributed by atoms with Crippen LogP contribution in [0.2, 0.25) is 0 Å². The quantitative estimate of drug-likeness (QED) is 0.352. The molecule has 9 heteroatoms. The molecule has 167 valence electrons. The van der Waals surface area contributed by atoms with E-state index < -0.39 is 23.2 Å². The van der Waals surface area contributed by atoms with Crippen LogP contribution in [0.15, 0.2) is 42.5 Å². The number of hydrogen-bond donors (Lipinski definition) is 0. The van der Waals surface area contributed by atoms with E-state index in [1.54, 1.807) is 31.1 Å². The van der Waals surface area contributed by atoms with Crippen LogP contribution in [0.5, 0.6) is 5.88 Å². The number of halogens is 3. The average molecular weight is 444 g/mol. The second-order valence-corrected chi connectivity index (χ2v) is 7.31. The Morgan fingerprint density at radius 1 is 1.16 bits per heavy atom. The molecule has 0 aliphatic carbocycles. The summed E-state index contributed by atoms with van der Waals surface area (Å²) < 4.78 is 46.1. The normalized spacial score (nSPS) is 11.1. The van der Waals surface area contributed by atoms with Gasteiger partial charge in [0.05, 0.1) is 21.7 Å². The van der Waals surface area contributed by atoms with Gasteiger partial charge in [-0.2, -0.15) is 0 Å². The molecule has 32 heavy (non-hydrogen) atoms. The lowest BCUT2D eigenvalue weighted by molar-refractivity contribution is -0.385. The zero-order valence-electron chi connectivity index (χ0n) is 17.6. The Morgan fingerprint density at radius 2 is 1.84 bits per heavy atom. The SMILES string of the molecule is CN(C)Cc1[c]c(Cc2c(F)cccc2F)cc(-c2cccc(OCCF)n2)c1[N+](=O)[O-]. The van der Waals surface area contributed by atoms with E-state index in [9.17, 15) is 23.3 Å². The van der Waals surface area contributed by atoms with Crippen LogP contribution >= 0.6 is 0 Å². The Labute approximate surface area is 183 Å². The molecule has 0 spiro atoms. The zero-order chi connectivity index (χ0) is 23.3. The van der Waals surface area contributed by atoms with Gasteiger partial charge in [-0.05, 0) is 50.0 Å². The molecule has 1 heterocycles. The van der Waals surface area contributed by atoms with E-state index in [0.29, 0.717) is 5.56 Å². The molecule has 2 aromatic carbocycles. The van der Waals surface area contributed by atoms with Crippen LogP contribution in [0.25, 0.3) is 11.3 Å². The maximum absolute atomic E-state index is 14.2. The van der Waals surface area contributed by atoms with Gasteiger partial charge >= 0.3 is 0 Å². The lowest BCUT2D eigenvalue weighted by Gasteiger charge is -2.15. The molecular weight excluding hydrogens is 423 g/mol. The highest BCUT2D eigenvalue weighted by atomic mass is 19.1. The van der Waals surface area contributed by atoms with E-state index in [1.807, 2.05) is 0 Å². The van der Waals surface area contributed by atoms with Gasteiger partial charge in [-0.15, -0.1) is 0 Å². The number of hydrogen-bond acceptors (Lipinski definition) is 5. The monoisotopic (exact) mass is 444 g/mol. The first-order valence-corrected chi connectivity index (χ1v) is 9.76. The number of rotatable bonds is 9. The number of alkyl halides is 1. The molecule has 0 aliphatic rings. The van der Waals surface area contributed by atoms with Crippen LogP contribution in [0.3, 0.4) is 0 Å². The lowest BCUT2D eigenvalue weighted by Crippen LogP contribution is -2.14. The topological polar surface area (TPSA) is 68.5 Å². The molecular formula is C23H21F3N3O3. The van der Waals surface area contributed by atoms with Crippen LogP contribution in [0, 0.1) is 27.8 Å². The Morgan fingerprint density at radius 3 is 2.47 bits per heavy atom. The van der Waals surface area contributed by atoms with Crippen molar-refractivity contribution in [3.8, 4) is 17.1 Å². The van der Waals surface area contributed by atoms with Gasteiger partial charge in [-0.25, -0.2) is 18.2 Å². The van der Waals surface area contributed by atoms with Gasteiger partial charge in [0.2, 0.25) is 5.88 Å². The van der Waals surface area contributed by atoms with Gasteiger partial charge in [0.15, 0.2) is 0 Å². The molecule has 0 atom stereocenters. The summed E-state index contributed by atoms with van der Waals surface area (Å²) in [5.74, 6) is -1.32. The molecule has 0 amide bonds. The van der Waals surface area contributed by atoms with Gasteiger partial charge in [-0.1, -0.05) is 12.1 Å². The summed E-state index contributed by atoms with van der Waals surface area (Å²) in [6.45, 7) is -0.739. The number of ether oxygens (including phenoxy) is 1. The van der Waals surface area contributed by atoms with Crippen molar-refractivity contribution in [1.82, 2.24) is 9.88 Å². The fourth-order valence-corrected chi connectivity index (χ4v) is 3.30. The Bertz CT molecular complexity index is 1100. The number of benzene rings is 2. The molecule has 0 fully saturated rings. The van der Waals surface area contributed by atoms with E-state index in [0.717, 1.165) is 12.1 Å². The molecule has 3 aromatic rings. The average Bonchev–Trinajstić information content (AvgIpc) is 2.74. The molecule has 1 aromatic heterocycles. The molecule has 0 unspecified atom stereocenters. The lowest BCUT2D eigenvalue weighted by atomic mass is 9.95. The fourth-order valence-electron chi connectivity index (χ4n) is 3.30. The number of nitro groups is 1. The molecule has 6 nitrogen and oxygen atoms in total. The van der Waals surface area contributed by atoms with Crippen molar-refractivity contribution in [2.45, 2.75) is 13.0 Å². The highest BCUT2D eigenvalue weighted by Crippen LogP contribution is 2.35. The second-order valence-electron chi connectivity index (χ2n) is 7.31. The molecule has 0 saturated heterocycles. The predicted octanol–water partition coefficient (Wildman–Crippen LogP) is 4.74. The molecule has 0 aliphatic heterocycles. The molecule has 1 radical (unpaired) electrons. The van der Waals surface area contributed by atoms with E-state index >= 15 is 0 Å². The van der Waals surface area contributed by atoms with E-state index in [2.05, 4.69) is 11.1 Å². The summed E-state index contributed by atoms with van der Waals surface area (Å²) in [6.07, 6.45) is -0.151. The zero-order valence-corrected chi connectivity index (χ0v) is 17.6. The summed E-state index contributed by atoms with van der Waals surface area (Å²) in [5.41, 5.74) is 0.615. The highest BCUT2D eigenvalue weighted by Gasteiger charge is 2.25. The minimum atomic E-state index is -0.716. The van der Waals surface area contributed by atoms with Gasteiger partial charge < -0.3 is 9.64 Å². The van der Waals surface area contributed by atoms with Crippen molar-refractivity contribution in [2.75, 3.05) is 27.4 Å². The fraction of sp³-hybridized carbons (Fsp3) is 0.261. The van der Waals surface area contributed by atoms with Crippen molar-refractivity contribution in [3.05, 3.63) is 87.0 Å². The number of aromatic nitrogens is 1. The highest BCUT2D eigenvalue weighted by molar-refractivity contribution is 5.74. The molecule has 3 rings (SSSR count). The van der Waals surface area contributed by atoms with E-state index in [1.165, 1.54) is 18.2 Å². The van der Waals surface area contributed by atoms with Crippen molar-refractivity contribution in [3.63, 3.8) is 0 Å². The number of pyridine rings is 1. The third-order valence-corrected chi connectivity index (χ3v) is 4.58. The Balaban J connectivity index is 2.18. The minimum absolute atomic E-state index is 0.109. The molecule has 0 N–H and O–H groups in total. The van der Waals surface area contributed by atoms with Crippen LogP contribution in [-0.2, 0) is 13.0 Å². The van der Waals surface area contributed by atoms with Crippen molar-refractivity contribution < 1.29 is 22.8 Å². The predicted molar refractivity (Wildman–Crippen MR) is 113 cm³/mol. The summed E-state index contributed by atoms with van der Waals surface area (Å²) in [4.78, 5) is 17.4. The number of nitro benzene ring substituents is 1. The van der Waals surface area contributed by atoms with Gasteiger partial charge in [-0.3, -0.25) is 10.1 Å². The smallest absolute Gasteiger partial charge is 0.283 e.